The summed E-state index contributed by atoms with van der Waals surface area (Å²) >= 11 is 0. The third-order valence-electron chi connectivity index (χ3n) is 2.80. The van der Waals surface area contributed by atoms with Crippen molar-refractivity contribution >= 4 is 0 Å². The van der Waals surface area contributed by atoms with E-state index >= 15 is 0 Å². The van der Waals surface area contributed by atoms with Crippen LogP contribution in [0.1, 0.15) is 30.6 Å². The normalized spacial score (nSPS) is 12.4. The third kappa shape index (κ3) is 6.05. The van der Waals surface area contributed by atoms with E-state index in [1.807, 2.05) is 25.1 Å². The van der Waals surface area contributed by atoms with Crippen LogP contribution in [0.3, 0.4) is 0 Å². The van der Waals surface area contributed by atoms with Gasteiger partial charge in [-0.2, -0.15) is 0 Å². The van der Waals surface area contributed by atoms with E-state index in [1.165, 1.54) is 0 Å². The Morgan fingerprint density at radius 1 is 1.16 bits per heavy atom. The van der Waals surface area contributed by atoms with Crippen molar-refractivity contribution in [2.24, 2.45) is 0 Å². The maximum absolute atomic E-state index is 9.48. The molecule has 0 aliphatic rings. The number of aliphatic hydroxyl groups excluding tert-OH is 1. The Kier molecular flexibility index (Phi) is 7.48. The molecule has 1 aromatic carbocycles. The quantitative estimate of drug-likeness (QED) is 0.699. The molecule has 1 rings (SSSR count). The highest BCUT2D eigenvalue weighted by Gasteiger charge is 2.04. The molecular formula is C15H24O4. The summed E-state index contributed by atoms with van der Waals surface area (Å²) in [5.74, 6) is 0.838. The molecule has 0 aliphatic heterocycles. The molecule has 0 radical (unpaired) electrons. The van der Waals surface area contributed by atoms with E-state index < -0.39 is 6.10 Å². The van der Waals surface area contributed by atoms with Crippen LogP contribution in [0.4, 0.5) is 0 Å². The van der Waals surface area contributed by atoms with Crippen molar-refractivity contribution in [2.45, 2.75) is 26.4 Å². The molecule has 1 aromatic rings. The molecule has 1 atom stereocenters. The Morgan fingerprint density at radius 3 is 2.58 bits per heavy atom. The van der Waals surface area contributed by atoms with Crippen LogP contribution in [-0.2, 0) is 9.47 Å². The lowest BCUT2D eigenvalue weighted by Gasteiger charge is -2.12. The maximum Gasteiger partial charge on any atom is 0.122 e. The summed E-state index contributed by atoms with van der Waals surface area (Å²) in [5, 5.41) is 9.48. The molecule has 108 valence electrons. The van der Waals surface area contributed by atoms with E-state index in [2.05, 4.69) is 0 Å². The van der Waals surface area contributed by atoms with Crippen LogP contribution in [0.2, 0.25) is 0 Å². The average molecular weight is 268 g/mol. The van der Waals surface area contributed by atoms with E-state index in [1.54, 1.807) is 14.0 Å². The van der Waals surface area contributed by atoms with Gasteiger partial charge in [0.25, 0.3) is 0 Å². The van der Waals surface area contributed by atoms with Gasteiger partial charge in [0.2, 0.25) is 0 Å². The molecule has 0 aliphatic carbocycles. The highest BCUT2D eigenvalue weighted by Crippen LogP contribution is 2.22. The van der Waals surface area contributed by atoms with Crippen LogP contribution in [0.5, 0.6) is 5.75 Å². The minimum Gasteiger partial charge on any atom is -0.491 e. The number of aliphatic hydroxyl groups is 1. The average Bonchev–Trinajstić information content (AvgIpc) is 2.39. The first kappa shape index (κ1) is 16.0. The molecule has 4 heteroatoms. The van der Waals surface area contributed by atoms with Crippen molar-refractivity contribution in [3.63, 3.8) is 0 Å². The first-order valence-corrected chi connectivity index (χ1v) is 6.63. The predicted octanol–water partition coefficient (Wildman–Crippen LogP) is 2.48. The largest absolute Gasteiger partial charge is 0.491 e. The van der Waals surface area contributed by atoms with Crippen LogP contribution < -0.4 is 4.74 Å². The van der Waals surface area contributed by atoms with Gasteiger partial charge in [-0.3, -0.25) is 0 Å². The lowest BCUT2D eigenvalue weighted by Crippen LogP contribution is -2.09. The Morgan fingerprint density at radius 2 is 1.95 bits per heavy atom. The van der Waals surface area contributed by atoms with Gasteiger partial charge in [-0.1, -0.05) is 6.07 Å². The highest BCUT2D eigenvalue weighted by molar-refractivity contribution is 5.36. The van der Waals surface area contributed by atoms with Crippen LogP contribution in [0, 0.1) is 6.92 Å². The monoisotopic (exact) mass is 268 g/mol. The third-order valence-corrected chi connectivity index (χ3v) is 2.80. The van der Waals surface area contributed by atoms with Crippen molar-refractivity contribution in [1.29, 1.82) is 0 Å². The number of hydrogen-bond acceptors (Lipinski definition) is 4. The number of methoxy groups -OCH3 is 1. The Bertz CT molecular complexity index is 363. The SMILES string of the molecule is COCCCOCCOc1ccc([C@@H](C)O)cc1C. The van der Waals surface area contributed by atoms with Crippen LogP contribution in [0.15, 0.2) is 18.2 Å². The Labute approximate surface area is 115 Å². The van der Waals surface area contributed by atoms with Gasteiger partial charge in [0.15, 0.2) is 0 Å². The van der Waals surface area contributed by atoms with Gasteiger partial charge in [0.05, 0.1) is 12.7 Å². The van der Waals surface area contributed by atoms with Crippen molar-refractivity contribution in [3.05, 3.63) is 29.3 Å². The van der Waals surface area contributed by atoms with E-state index in [0.717, 1.165) is 29.9 Å². The summed E-state index contributed by atoms with van der Waals surface area (Å²) in [4.78, 5) is 0. The number of aryl methyl sites for hydroxylation is 1. The van der Waals surface area contributed by atoms with Crippen LogP contribution in [-0.4, -0.2) is 38.6 Å². The first-order chi connectivity index (χ1) is 9.15. The van der Waals surface area contributed by atoms with E-state index in [9.17, 15) is 5.11 Å². The van der Waals surface area contributed by atoms with Gasteiger partial charge >= 0.3 is 0 Å². The molecular weight excluding hydrogens is 244 g/mol. The van der Waals surface area contributed by atoms with E-state index in [-0.39, 0.29) is 0 Å². The lowest BCUT2D eigenvalue weighted by molar-refractivity contribution is 0.0804. The zero-order valence-electron chi connectivity index (χ0n) is 12.0. The number of hydrogen-bond donors (Lipinski definition) is 1. The highest BCUT2D eigenvalue weighted by atomic mass is 16.5. The summed E-state index contributed by atoms with van der Waals surface area (Å²) in [6, 6.07) is 5.72. The summed E-state index contributed by atoms with van der Waals surface area (Å²) in [6.07, 6.45) is 0.454. The second kappa shape index (κ2) is 8.91. The van der Waals surface area contributed by atoms with Crippen molar-refractivity contribution in [3.8, 4) is 5.75 Å². The standard InChI is InChI=1S/C15H24O4/c1-12-11-14(13(2)16)5-6-15(12)19-10-9-18-8-4-7-17-3/h5-6,11,13,16H,4,7-10H2,1-3H3/t13-/m1/s1. The van der Waals surface area contributed by atoms with E-state index in [0.29, 0.717) is 19.8 Å². The van der Waals surface area contributed by atoms with E-state index in [4.69, 9.17) is 14.2 Å². The fourth-order valence-corrected chi connectivity index (χ4v) is 1.71. The first-order valence-electron chi connectivity index (χ1n) is 6.63. The zero-order valence-corrected chi connectivity index (χ0v) is 12.0. The number of rotatable bonds is 9. The van der Waals surface area contributed by atoms with Gasteiger partial charge in [0.1, 0.15) is 12.4 Å². The molecule has 0 unspecified atom stereocenters. The molecule has 0 saturated carbocycles. The minimum atomic E-state index is -0.447. The molecule has 0 fully saturated rings. The van der Waals surface area contributed by atoms with Gasteiger partial charge < -0.3 is 19.3 Å². The zero-order chi connectivity index (χ0) is 14.1. The maximum atomic E-state index is 9.48. The number of benzene rings is 1. The molecule has 0 spiro atoms. The van der Waals surface area contributed by atoms with Crippen LogP contribution >= 0.6 is 0 Å². The number of ether oxygens (including phenoxy) is 3. The summed E-state index contributed by atoms with van der Waals surface area (Å²) in [6.45, 7) is 6.24. The van der Waals surface area contributed by atoms with Crippen molar-refractivity contribution in [1.82, 2.24) is 0 Å². The summed E-state index contributed by atoms with van der Waals surface area (Å²) in [7, 11) is 1.68. The second-order valence-corrected chi connectivity index (χ2v) is 4.51. The van der Waals surface area contributed by atoms with Crippen molar-refractivity contribution in [2.75, 3.05) is 33.5 Å². The molecule has 1 N–H and O–H groups in total. The fourth-order valence-electron chi connectivity index (χ4n) is 1.71. The Hall–Kier alpha value is -1.10. The Balaban J connectivity index is 2.26. The van der Waals surface area contributed by atoms with Gasteiger partial charge in [0, 0.05) is 20.3 Å². The molecule has 4 nitrogen and oxygen atoms in total. The molecule has 19 heavy (non-hydrogen) atoms. The van der Waals surface area contributed by atoms with Gasteiger partial charge in [-0.05, 0) is 43.5 Å². The lowest BCUT2D eigenvalue weighted by atomic mass is 10.1. The minimum absolute atomic E-state index is 0.447. The molecule has 0 amide bonds. The molecule has 0 heterocycles. The second-order valence-electron chi connectivity index (χ2n) is 4.51. The van der Waals surface area contributed by atoms with Crippen LogP contribution in [0.25, 0.3) is 0 Å². The summed E-state index contributed by atoms with van der Waals surface area (Å²) in [5.41, 5.74) is 1.93. The van der Waals surface area contributed by atoms with Crippen molar-refractivity contribution < 1.29 is 19.3 Å². The fraction of sp³-hybridized carbons (Fsp3) is 0.600. The topological polar surface area (TPSA) is 47.9 Å². The molecule has 0 saturated heterocycles. The molecule has 0 aromatic heterocycles. The van der Waals surface area contributed by atoms with Gasteiger partial charge in [-0.25, -0.2) is 0 Å². The predicted molar refractivity (Wildman–Crippen MR) is 74.6 cm³/mol. The molecule has 0 bridgehead atoms. The summed E-state index contributed by atoms with van der Waals surface area (Å²) < 4.78 is 16.0. The van der Waals surface area contributed by atoms with Gasteiger partial charge in [-0.15, -0.1) is 0 Å². The smallest absolute Gasteiger partial charge is 0.122 e.